The Hall–Kier alpha value is -1.91. The number of hydrogen-bond acceptors (Lipinski definition) is 4. The van der Waals surface area contributed by atoms with E-state index in [0.717, 1.165) is 29.6 Å². The maximum Gasteiger partial charge on any atom is 0.180 e. The Balaban J connectivity index is 2.57. The predicted molar refractivity (Wildman–Crippen MR) is 86.5 cm³/mol. The van der Waals surface area contributed by atoms with Crippen LogP contribution < -0.4 is 5.32 Å². The lowest BCUT2D eigenvalue weighted by molar-refractivity contribution is 0.566. The molecule has 0 atom stereocenters. The lowest BCUT2D eigenvalue weighted by Crippen LogP contribution is -2.16. The van der Waals surface area contributed by atoms with Gasteiger partial charge in [-0.15, -0.1) is 0 Å². The zero-order valence-corrected chi connectivity index (χ0v) is 13.8. The van der Waals surface area contributed by atoms with Crippen LogP contribution in [-0.2, 0) is 5.41 Å². The summed E-state index contributed by atoms with van der Waals surface area (Å²) in [6.07, 6.45) is 3.66. The summed E-state index contributed by atoms with van der Waals surface area (Å²) in [6.45, 7) is 13.6. The van der Waals surface area contributed by atoms with Crippen molar-refractivity contribution in [1.82, 2.24) is 19.5 Å². The van der Waals surface area contributed by atoms with Crippen molar-refractivity contribution >= 4 is 5.82 Å². The molecule has 0 radical (unpaired) electrons. The SMILES string of the molecule is CCNc1cc(C(C)(C)C)nc(-c2cncn2C(C)C)n1. The van der Waals surface area contributed by atoms with Gasteiger partial charge in [0.2, 0.25) is 0 Å². The minimum Gasteiger partial charge on any atom is -0.370 e. The molecule has 0 bridgehead atoms. The molecule has 0 aliphatic rings. The first-order valence-corrected chi connectivity index (χ1v) is 7.48. The standard InChI is InChI=1S/C16H25N5/c1-7-18-14-8-13(16(4,5)6)19-15(20-14)12-9-17-10-21(12)11(2)3/h8-11H,7H2,1-6H3,(H,18,19,20). The second kappa shape index (κ2) is 5.84. The molecule has 0 saturated carbocycles. The highest BCUT2D eigenvalue weighted by molar-refractivity contribution is 5.53. The van der Waals surface area contributed by atoms with E-state index in [-0.39, 0.29) is 5.41 Å². The van der Waals surface area contributed by atoms with E-state index in [1.807, 2.05) is 18.6 Å². The molecule has 5 nitrogen and oxygen atoms in total. The van der Waals surface area contributed by atoms with Gasteiger partial charge in [-0.25, -0.2) is 15.0 Å². The maximum absolute atomic E-state index is 4.76. The normalized spacial score (nSPS) is 12.0. The number of anilines is 1. The third-order valence-corrected chi connectivity index (χ3v) is 3.30. The average molecular weight is 287 g/mol. The molecular weight excluding hydrogens is 262 g/mol. The summed E-state index contributed by atoms with van der Waals surface area (Å²) in [6, 6.07) is 2.36. The zero-order chi connectivity index (χ0) is 15.6. The van der Waals surface area contributed by atoms with Gasteiger partial charge in [0.15, 0.2) is 5.82 Å². The maximum atomic E-state index is 4.76. The Bertz CT molecular complexity index is 607. The first-order chi connectivity index (χ1) is 9.82. The number of rotatable bonds is 4. The summed E-state index contributed by atoms with van der Waals surface area (Å²) >= 11 is 0. The molecule has 1 N–H and O–H groups in total. The van der Waals surface area contributed by atoms with Gasteiger partial charge < -0.3 is 9.88 Å². The molecule has 0 saturated heterocycles. The number of imidazole rings is 1. The van der Waals surface area contributed by atoms with Crippen LogP contribution in [0.5, 0.6) is 0 Å². The summed E-state index contributed by atoms with van der Waals surface area (Å²) < 4.78 is 2.09. The molecule has 2 heterocycles. The summed E-state index contributed by atoms with van der Waals surface area (Å²) in [5, 5.41) is 3.29. The smallest absolute Gasteiger partial charge is 0.180 e. The van der Waals surface area contributed by atoms with E-state index in [0.29, 0.717) is 6.04 Å². The van der Waals surface area contributed by atoms with Crippen molar-refractivity contribution in [2.45, 2.75) is 53.0 Å². The summed E-state index contributed by atoms with van der Waals surface area (Å²) in [4.78, 5) is 13.6. The highest BCUT2D eigenvalue weighted by Crippen LogP contribution is 2.26. The topological polar surface area (TPSA) is 55.6 Å². The fourth-order valence-corrected chi connectivity index (χ4v) is 2.11. The third-order valence-electron chi connectivity index (χ3n) is 3.30. The Labute approximate surface area is 126 Å². The van der Waals surface area contributed by atoms with E-state index in [4.69, 9.17) is 4.98 Å². The summed E-state index contributed by atoms with van der Waals surface area (Å²) in [5.74, 6) is 1.59. The molecule has 5 heteroatoms. The van der Waals surface area contributed by atoms with Crippen LogP contribution in [0.3, 0.4) is 0 Å². The van der Waals surface area contributed by atoms with Crippen LogP contribution in [0.4, 0.5) is 5.82 Å². The molecule has 114 valence electrons. The van der Waals surface area contributed by atoms with Crippen LogP contribution in [0.15, 0.2) is 18.6 Å². The van der Waals surface area contributed by atoms with Gasteiger partial charge in [-0.05, 0) is 20.8 Å². The Kier molecular flexibility index (Phi) is 4.30. The molecule has 0 aromatic carbocycles. The quantitative estimate of drug-likeness (QED) is 0.932. The Morgan fingerprint density at radius 1 is 1.24 bits per heavy atom. The first kappa shape index (κ1) is 15.5. The van der Waals surface area contributed by atoms with E-state index in [1.165, 1.54) is 0 Å². The summed E-state index contributed by atoms with van der Waals surface area (Å²) in [7, 11) is 0. The van der Waals surface area contributed by atoms with Crippen molar-refractivity contribution in [3.05, 3.63) is 24.3 Å². The molecule has 0 unspecified atom stereocenters. The largest absolute Gasteiger partial charge is 0.370 e. The van der Waals surface area contributed by atoms with Crippen molar-refractivity contribution in [2.75, 3.05) is 11.9 Å². The van der Waals surface area contributed by atoms with E-state index >= 15 is 0 Å². The van der Waals surface area contributed by atoms with Crippen LogP contribution >= 0.6 is 0 Å². The fourth-order valence-electron chi connectivity index (χ4n) is 2.11. The van der Waals surface area contributed by atoms with Crippen LogP contribution in [0.2, 0.25) is 0 Å². The van der Waals surface area contributed by atoms with Gasteiger partial charge in [0.25, 0.3) is 0 Å². The van der Waals surface area contributed by atoms with Gasteiger partial charge in [-0.2, -0.15) is 0 Å². The van der Waals surface area contributed by atoms with Crippen molar-refractivity contribution in [3.63, 3.8) is 0 Å². The van der Waals surface area contributed by atoms with E-state index < -0.39 is 0 Å². The first-order valence-electron chi connectivity index (χ1n) is 7.48. The minimum atomic E-state index is -0.0233. The fraction of sp³-hybridized carbons (Fsp3) is 0.562. The number of nitrogens with one attached hydrogen (secondary N) is 1. The third kappa shape index (κ3) is 3.40. The van der Waals surface area contributed by atoms with Crippen molar-refractivity contribution < 1.29 is 0 Å². The van der Waals surface area contributed by atoms with Crippen LogP contribution in [0.1, 0.15) is 53.3 Å². The molecule has 0 aliphatic carbocycles. The lowest BCUT2D eigenvalue weighted by Gasteiger charge is -2.20. The zero-order valence-electron chi connectivity index (χ0n) is 13.8. The molecule has 0 fully saturated rings. The molecule has 21 heavy (non-hydrogen) atoms. The van der Waals surface area contributed by atoms with Gasteiger partial charge in [0.1, 0.15) is 11.5 Å². The second-order valence-corrected chi connectivity index (χ2v) is 6.52. The van der Waals surface area contributed by atoms with E-state index in [9.17, 15) is 0 Å². The van der Waals surface area contributed by atoms with Crippen molar-refractivity contribution in [3.8, 4) is 11.5 Å². The van der Waals surface area contributed by atoms with Gasteiger partial charge >= 0.3 is 0 Å². The minimum absolute atomic E-state index is 0.0233. The molecule has 0 aliphatic heterocycles. The van der Waals surface area contributed by atoms with Crippen LogP contribution in [-0.4, -0.2) is 26.1 Å². The lowest BCUT2D eigenvalue weighted by atomic mass is 9.92. The highest BCUT2D eigenvalue weighted by Gasteiger charge is 2.20. The monoisotopic (exact) mass is 287 g/mol. The Morgan fingerprint density at radius 3 is 2.52 bits per heavy atom. The van der Waals surface area contributed by atoms with Crippen molar-refractivity contribution in [1.29, 1.82) is 0 Å². The van der Waals surface area contributed by atoms with Crippen LogP contribution in [0.25, 0.3) is 11.5 Å². The number of nitrogens with zero attached hydrogens (tertiary/aromatic N) is 4. The van der Waals surface area contributed by atoms with Gasteiger partial charge in [-0.1, -0.05) is 20.8 Å². The van der Waals surface area contributed by atoms with E-state index in [2.05, 4.69) is 61.4 Å². The van der Waals surface area contributed by atoms with Gasteiger partial charge in [-0.3, -0.25) is 0 Å². The molecule has 2 rings (SSSR count). The molecule has 0 amide bonds. The number of aromatic nitrogens is 4. The molecule has 0 spiro atoms. The van der Waals surface area contributed by atoms with E-state index in [1.54, 1.807) is 0 Å². The predicted octanol–water partition coefficient (Wildman–Crippen LogP) is 3.65. The molecule has 2 aromatic rings. The second-order valence-electron chi connectivity index (χ2n) is 6.52. The Morgan fingerprint density at radius 2 is 1.95 bits per heavy atom. The number of hydrogen-bond donors (Lipinski definition) is 1. The van der Waals surface area contributed by atoms with Crippen molar-refractivity contribution in [2.24, 2.45) is 0 Å². The molecular formula is C16H25N5. The highest BCUT2D eigenvalue weighted by atomic mass is 15.1. The molecule has 2 aromatic heterocycles. The summed E-state index contributed by atoms with van der Waals surface area (Å²) in [5.41, 5.74) is 1.96. The van der Waals surface area contributed by atoms with Gasteiger partial charge in [0, 0.05) is 24.1 Å². The van der Waals surface area contributed by atoms with Gasteiger partial charge in [0.05, 0.1) is 18.2 Å². The van der Waals surface area contributed by atoms with Crippen LogP contribution in [0, 0.1) is 0 Å². The average Bonchev–Trinajstić information content (AvgIpc) is 2.87.